The first-order valence-corrected chi connectivity index (χ1v) is 7.27. The van der Waals surface area contributed by atoms with Crippen LogP contribution >= 0.6 is 0 Å². The van der Waals surface area contributed by atoms with Crippen LogP contribution < -0.4 is 5.73 Å². The number of sulfone groups is 1. The summed E-state index contributed by atoms with van der Waals surface area (Å²) in [4.78, 5) is 4.28. The third-order valence-corrected chi connectivity index (χ3v) is 4.63. The largest absolute Gasteiger partial charge is 0.449 e. The summed E-state index contributed by atoms with van der Waals surface area (Å²) in [6.07, 6.45) is 3.75. The number of hydrogen-bond donors (Lipinski definition) is 1. The molecule has 16 heavy (non-hydrogen) atoms. The number of oxazole rings is 1. The molecule has 0 aliphatic carbocycles. The first kappa shape index (κ1) is 11.6. The second-order valence-electron chi connectivity index (χ2n) is 4.16. The topological polar surface area (TPSA) is 86.2 Å². The van der Waals surface area contributed by atoms with Crippen molar-refractivity contribution in [1.82, 2.24) is 4.98 Å². The predicted octanol–water partition coefficient (Wildman–Crippen LogP) is 0.468. The van der Waals surface area contributed by atoms with Crippen LogP contribution in [0.25, 0.3) is 0 Å². The molecule has 5 nitrogen and oxygen atoms in total. The van der Waals surface area contributed by atoms with Crippen molar-refractivity contribution in [2.75, 3.05) is 18.1 Å². The second-order valence-corrected chi connectivity index (χ2v) is 6.39. The smallest absolute Gasteiger partial charge is 0.195 e. The van der Waals surface area contributed by atoms with E-state index in [-0.39, 0.29) is 11.7 Å². The van der Waals surface area contributed by atoms with Gasteiger partial charge in [-0.05, 0) is 12.8 Å². The van der Waals surface area contributed by atoms with E-state index in [2.05, 4.69) is 4.98 Å². The summed E-state index contributed by atoms with van der Waals surface area (Å²) < 4.78 is 28.2. The Morgan fingerprint density at radius 3 is 3.06 bits per heavy atom. The molecule has 90 valence electrons. The van der Waals surface area contributed by atoms with Crippen molar-refractivity contribution in [3.8, 4) is 0 Å². The van der Waals surface area contributed by atoms with E-state index in [1.165, 1.54) is 0 Å². The maximum absolute atomic E-state index is 11.5. The van der Waals surface area contributed by atoms with Crippen LogP contribution in [0.2, 0.25) is 0 Å². The van der Waals surface area contributed by atoms with Crippen molar-refractivity contribution in [2.45, 2.75) is 25.2 Å². The highest BCUT2D eigenvalue weighted by atomic mass is 32.2. The van der Waals surface area contributed by atoms with Crippen LogP contribution in [0.15, 0.2) is 10.7 Å². The Labute approximate surface area is 95.0 Å². The lowest BCUT2D eigenvalue weighted by atomic mass is 10.0. The van der Waals surface area contributed by atoms with Crippen molar-refractivity contribution >= 4 is 9.84 Å². The van der Waals surface area contributed by atoms with Crippen LogP contribution in [0, 0.1) is 0 Å². The SMILES string of the molecule is NCCc1nc(C2CCCS(=O)(=O)C2)co1. The van der Waals surface area contributed by atoms with Gasteiger partial charge in [0.15, 0.2) is 15.7 Å². The van der Waals surface area contributed by atoms with Gasteiger partial charge in [0.25, 0.3) is 0 Å². The van der Waals surface area contributed by atoms with Gasteiger partial charge >= 0.3 is 0 Å². The highest BCUT2D eigenvalue weighted by Crippen LogP contribution is 2.27. The summed E-state index contributed by atoms with van der Waals surface area (Å²) in [6.45, 7) is 0.489. The minimum atomic E-state index is -2.89. The van der Waals surface area contributed by atoms with Crippen molar-refractivity contribution in [1.29, 1.82) is 0 Å². The molecule has 1 fully saturated rings. The fourth-order valence-corrected chi connectivity index (χ4v) is 3.73. The molecule has 1 aromatic rings. The standard InChI is InChI=1S/C10H16N2O3S/c11-4-3-10-12-9(6-15-10)8-2-1-5-16(13,14)7-8/h6,8H,1-5,7,11H2. The molecule has 0 saturated carbocycles. The van der Waals surface area contributed by atoms with E-state index in [9.17, 15) is 8.42 Å². The van der Waals surface area contributed by atoms with Gasteiger partial charge in [-0.2, -0.15) is 0 Å². The van der Waals surface area contributed by atoms with Crippen LogP contribution in [0.1, 0.15) is 30.3 Å². The molecule has 2 heterocycles. The van der Waals surface area contributed by atoms with Crippen LogP contribution in [0.4, 0.5) is 0 Å². The Bertz CT molecular complexity index is 452. The molecule has 1 aliphatic rings. The Kier molecular flexibility index (Phi) is 3.30. The number of hydrogen-bond acceptors (Lipinski definition) is 5. The minimum absolute atomic E-state index is 0.00553. The average Bonchev–Trinajstić information content (AvgIpc) is 2.65. The van der Waals surface area contributed by atoms with Gasteiger partial charge in [-0.15, -0.1) is 0 Å². The summed E-state index contributed by atoms with van der Waals surface area (Å²) in [5, 5.41) is 0. The molecule has 6 heteroatoms. The van der Waals surface area contributed by atoms with Gasteiger partial charge in [0.2, 0.25) is 0 Å². The molecule has 0 bridgehead atoms. The van der Waals surface area contributed by atoms with Gasteiger partial charge in [-0.1, -0.05) is 0 Å². The van der Waals surface area contributed by atoms with Crippen molar-refractivity contribution in [2.24, 2.45) is 5.73 Å². The maximum Gasteiger partial charge on any atom is 0.195 e. The van der Waals surface area contributed by atoms with E-state index >= 15 is 0 Å². The monoisotopic (exact) mass is 244 g/mol. The van der Waals surface area contributed by atoms with Gasteiger partial charge in [0.1, 0.15) is 6.26 Å². The summed E-state index contributed by atoms with van der Waals surface area (Å²) >= 11 is 0. The fraction of sp³-hybridized carbons (Fsp3) is 0.700. The lowest BCUT2D eigenvalue weighted by Crippen LogP contribution is -2.23. The highest BCUT2D eigenvalue weighted by molar-refractivity contribution is 7.91. The normalized spacial score (nSPS) is 24.4. The molecule has 2 N–H and O–H groups in total. The van der Waals surface area contributed by atoms with Gasteiger partial charge in [0.05, 0.1) is 17.2 Å². The molecule has 0 spiro atoms. The number of nitrogens with zero attached hydrogens (tertiary/aromatic N) is 1. The quantitative estimate of drug-likeness (QED) is 0.835. The van der Waals surface area contributed by atoms with Crippen molar-refractivity contribution in [3.05, 3.63) is 17.8 Å². The highest BCUT2D eigenvalue weighted by Gasteiger charge is 2.27. The summed E-state index contributed by atoms with van der Waals surface area (Å²) in [7, 11) is -2.89. The molecular weight excluding hydrogens is 228 g/mol. The molecule has 0 amide bonds. The van der Waals surface area contributed by atoms with Crippen LogP contribution in [0.3, 0.4) is 0 Å². The third-order valence-electron chi connectivity index (χ3n) is 2.81. The molecule has 1 saturated heterocycles. The maximum atomic E-state index is 11.5. The zero-order valence-electron chi connectivity index (χ0n) is 9.05. The number of rotatable bonds is 3. The van der Waals surface area contributed by atoms with Crippen LogP contribution in [0.5, 0.6) is 0 Å². The summed E-state index contributed by atoms with van der Waals surface area (Å²) in [5.74, 6) is 1.09. The van der Waals surface area contributed by atoms with Gasteiger partial charge < -0.3 is 10.2 Å². The van der Waals surface area contributed by atoms with Crippen LogP contribution in [-0.2, 0) is 16.3 Å². The van der Waals surface area contributed by atoms with E-state index < -0.39 is 9.84 Å². The predicted molar refractivity (Wildman–Crippen MR) is 59.9 cm³/mol. The molecule has 0 radical (unpaired) electrons. The molecule has 1 unspecified atom stereocenters. The molecular formula is C10H16N2O3S. The zero-order chi connectivity index (χ0) is 11.6. The van der Waals surface area contributed by atoms with E-state index in [0.29, 0.717) is 31.0 Å². The number of nitrogens with two attached hydrogens (primary N) is 1. The van der Waals surface area contributed by atoms with Crippen LogP contribution in [-0.4, -0.2) is 31.5 Å². The molecule has 0 aromatic carbocycles. The Hall–Kier alpha value is -0.880. The lowest BCUT2D eigenvalue weighted by molar-refractivity contribution is 0.494. The average molecular weight is 244 g/mol. The first-order chi connectivity index (χ1) is 7.61. The van der Waals surface area contributed by atoms with Gasteiger partial charge in [-0.3, -0.25) is 0 Å². The molecule has 1 aliphatic heterocycles. The van der Waals surface area contributed by atoms with E-state index in [1.807, 2.05) is 0 Å². The summed E-state index contributed by atoms with van der Waals surface area (Å²) in [5.41, 5.74) is 6.15. The number of aromatic nitrogens is 1. The molecule has 1 aromatic heterocycles. The minimum Gasteiger partial charge on any atom is -0.449 e. The second kappa shape index (κ2) is 4.55. The fourth-order valence-electron chi connectivity index (χ4n) is 2.01. The lowest BCUT2D eigenvalue weighted by Gasteiger charge is -2.19. The summed E-state index contributed by atoms with van der Waals surface area (Å²) in [6, 6.07) is 0. The van der Waals surface area contributed by atoms with E-state index in [0.717, 1.165) is 12.1 Å². The van der Waals surface area contributed by atoms with Crippen molar-refractivity contribution < 1.29 is 12.8 Å². The van der Waals surface area contributed by atoms with Crippen molar-refractivity contribution in [3.63, 3.8) is 0 Å². The van der Waals surface area contributed by atoms with E-state index in [1.54, 1.807) is 6.26 Å². The first-order valence-electron chi connectivity index (χ1n) is 5.45. The Balaban J connectivity index is 2.11. The molecule has 1 atom stereocenters. The van der Waals surface area contributed by atoms with E-state index in [4.69, 9.17) is 10.2 Å². The third kappa shape index (κ3) is 2.62. The zero-order valence-corrected chi connectivity index (χ0v) is 9.87. The Morgan fingerprint density at radius 2 is 2.38 bits per heavy atom. The Morgan fingerprint density at radius 1 is 1.56 bits per heavy atom. The molecule has 2 rings (SSSR count). The van der Waals surface area contributed by atoms with Gasteiger partial charge in [-0.25, -0.2) is 13.4 Å². The van der Waals surface area contributed by atoms with Gasteiger partial charge in [0, 0.05) is 18.9 Å².